The van der Waals surface area contributed by atoms with Crippen molar-refractivity contribution in [2.45, 2.75) is 64.0 Å². The molecule has 92 valence electrons. The molecule has 4 saturated carbocycles. The van der Waals surface area contributed by atoms with Gasteiger partial charge in [0.1, 0.15) is 0 Å². The van der Waals surface area contributed by atoms with Gasteiger partial charge >= 0.3 is 0 Å². The number of rotatable bonds is 3. The van der Waals surface area contributed by atoms with Crippen molar-refractivity contribution in [1.82, 2.24) is 0 Å². The van der Waals surface area contributed by atoms with Crippen molar-refractivity contribution in [2.75, 3.05) is 0 Å². The number of thiol groups is 1. The van der Waals surface area contributed by atoms with Gasteiger partial charge in [0.2, 0.25) is 0 Å². The topological polar surface area (TPSA) is 0 Å². The van der Waals surface area contributed by atoms with E-state index in [1.165, 1.54) is 38.5 Å². The summed E-state index contributed by atoms with van der Waals surface area (Å²) < 4.78 is 0. The third-order valence-corrected chi connectivity index (χ3v) is 6.99. The minimum atomic E-state index is 0.576. The SMILES string of the molecule is CCCC(S)C1(C)C2CC3CC(C2)CC1C3. The molecule has 4 rings (SSSR count). The van der Waals surface area contributed by atoms with Gasteiger partial charge in [0.25, 0.3) is 0 Å². The van der Waals surface area contributed by atoms with Crippen LogP contribution in [0.3, 0.4) is 0 Å². The zero-order chi connectivity index (χ0) is 11.3. The van der Waals surface area contributed by atoms with E-state index in [9.17, 15) is 0 Å². The first-order chi connectivity index (χ1) is 7.64. The van der Waals surface area contributed by atoms with Gasteiger partial charge in [-0.1, -0.05) is 20.3 Å². The van der Waals surface area contributed by atoms with E-state index in [2.05, 4.69) is 13.8 Å². The fraction of sp³-hybridized carbons (Fsp3) is 1.00. The van der Waals surface area contributed by atoms with Gasteiger partial charge in [-0.3, -0.25) is 0 Å². The lowest BCUT2D eigenvalue weighted by Gasteiger charge is -2.62. The minimum absolute atomic E-state index is 0.576. The van der Waals surface area contributed by atoms with E-state index in [1.807, 2.05) is 0 Å². The Labute approximate surface area is 106 Å². The van der Waals surface area contributed by atoms with E-state index >= 15 is 0 Å². The highest BCUT2D eigenvalue weighted by molar-refractivity contribution is 7.81. The molecular weight excluding hydrogens is 212 g/mol. The van der Waals surface area contributed by atoms with Crippen LogP contribution >= 0.6 is 12.6 Å². The van der Waals surface area contributed by atoms with Gasteiger partial charge in [-0.25, -0.2) is 0 Å². The molecule has 4 aliphatic rings. The summed E-state index contributed by atoms with van der Waals surface area (Å²) in [5.74, 6) is 4.21. The summed E-state index contributed by atoms with van der Waals surface area (Å²) in [7, 11) is 0. The Morgan fingerprint density at radius 1 is 1.06 bits per heavy atom. The van der Waals surface area contributed by atoms with Crippen molar-refractivity contribution >= 4 is 12.6 Å². The van der Waals surface area contributed by atoms with Crippen molar-refractivity contribution < 1.29 is 0 Å². The van der Waals surface area contributed by atoms with Gasteiger partial charge in [0.15, 0.2) is 0 Å². The number of hydrogen-bond donors (Lipinski definition) is 1. The first-order valence-corrected chi connectivity index (χ1v) is 7.84. The second-order valence-corrected chi connectivity index (χ2v) is 7.60. The zero-order valence-electron chi connectivity index (χ0n) is 10.8. The van der Waals surface area contributed by atoms with Crippen molar-refractivity contribution in [3.05, 3.63) is 0 Å². The van der Waals surface area contributed by atoms with Crippen LogP contribution in [0.1, 0.15) is 58.8 Å². The predicted octanol–water partition coefficient (Wildman–Crippen LogP) is 4.55. The zero-order valence-corrected chi connectivity index (χ0v) is 11.7. The molecule has 1 unspecified atom stereocenters. The molecule has 0 N–H and O–H groups in total. The molecule has 0 aromatic heterocycles. The molecule has 1 atom stereocenters. The van der Waals surface area contributed by atoms with Gasteiger partial charge in [0.05, 0.1) is 0 Å². The molecule has 0 aliphatic heterocycles. The van der Waals surface area contributed by atoms with E-state index < -0.39 is 0 Å². The second kappa shape index (κ2) is 3.93. The first kappa shape index (κ1) is 11.4. The molecule has 0 radical (unpaired) electrons. The van der Waals surface area contributed by atoms with Gasteiger partial charge < -0.3 is 0 Å². The molecule has 16 heavy (non-hydrogen) atoms. The van der Waals surface area contributed by atoms with E-state index in [1.54, 1.807) is 6.42 Å². The largest absolute Gasteiger partial charge is 0.175 e. The summed E-state index contributed by atoms with van der Waals surface area (Å²) in [6.07, 6.45) is 10.3. The lowest BCUT2D eigenvalue weighted by atomic mass is 9.45. The first-order valence-electron chi connectivity index (χ1n) is 7.32. The van der Waals surface area contributed by atoms with Gasteiger partial charge in [-0.05, 0) is 67.6 Å². The second-order valence-electron chi connectivity index (χ2n) is 6.97. The fourth-order valence-corrected chi connectivity index (χ4v) is 6.01. The summed E-state index contributed by atoms with van der Waals surface area (Å²) in [6.45, 7) is 4.88. The van der Waals surface area contributed by atoms with Crippen LogP contribution in [0.15, 0.2) is 0 Å². The van der Waals surface area contributed by atoms with Crippen molar-refractivity contribution in [2.24, 2.45) is 29.1 Å². The smallest absolute Gasteiger partial charge is 0.00758 e. The van der Waals surface area contributed by atoms with E-state index in [4.69, 9.17) is 12.6 Å². The summed E-state index contributed by atoms with van der Waals surface area (Å²) in [5.41, 5.74) is 0.576. The fourth-order valence-electron chi connectivity index (χ4n) is 5.33. The molecule has 4 aliphatic carbocycles. The number of hydrogen-bond acceptors (Lipinski definition) is 1. The Morgan fingerprint density at radius 2 is 1.56 bits per heavy atom. The van der Waals surface area contributed by atoms with Crippen LogP contribution in [-0.4, -0.2) is 5.25 Å². The average Bonchev–Trinajstić information content (AvgIpc) is 2.24. The Morgan fingerprint density at radius 3 is 2.00 bits per heavy atom. The summed E-state index contributed by atoms with van der Waals surface area (Å²) in [6, 6.07) is 0. The summed E-state index contributed by atoms with van der Waals surface area (Å²) in [5, 5.41) is 0.660. The molecule has 4 bridgehead atoms. The van der Waals surface area contributed by atoms with E-state index in [-0.39, 0.29) is 0 Å². The van der Waals surface area contributed by atoms with Crippen LogP contribution in [-0.2, 0) is 0 Å². The predicted molar refractivity (Wildman–Crippen MR) is 72.8 cm³/mol. The van der Waals surface area contributed by atoms with Crippen molar-refractivity contribution in [3.63, 3.8) is 0 Å². The molecule has 0 aromatic rings. The normalized spacial score (nSPS) is 51.9. The molecule has 0 amide bonds. The maximum absolute atomic E-state index is 4.99. The molecule has 0 aromatic carbocycles. The molecule has 1 heteroatoms. The monoisotopic (exact) mass is 238 g/mol. The third-order valence-electron chi connectivity index (χ3n) is 6.18. The minimum Gasteiger partial charge on any atom is -0.175 e. The standard InChI is InChI=1S/C15H26S/c1-3-4-14(16)15(2)12-6-10-5-11(8-12)9-13(15)7-10/h10-14,16H,3-9H2,1-2H3. The molecule has 4 fully saturated rings. The van der Waals surface area contributed by atoms with Crippen LogP contribution in [0.2, 0.25) is 0 Å². The van der Waals surface area contributed by atoms with Crippen LogP contribution in [0.5, 0.6) is 0 Å². The van der Waals surface area contributed by atoms with Crippen LogP contribution in [0.4, 0.5) is 0 Å². The third kappa shape index (κ3) is 1.50. The highest BCUT2D eigenvalue weighted by Crippen LogP contribution is 2.64. The highest BCUT2D eigenvalue weighted by Gasteiger charge is 2.56. The Kier molecular flexibility index (Phi) is 2.81. The lowest BCUT2D eigenvalue weighted by Crippen LogP contribution is -2.55. The summed E-state index contributed by atoms with van der Waals surface area (Å²) >= 11 is 4.99. The Hall–Kier alpha value is 0.350. The maximum atomic E-state index is 4.99. The van der Waals surface area contributed by atoms with Crippen LogP contribution in [0.25, 0.3) is 0 Å². The maximum Gasteiger partial charge on any atom is 0.00758 e. The van der Waals surface area contributed by atoms with E-state index in [0.29, 0.717) is 10.7 Å². The Balaban J connectivity index is 1.84. The molecular formula is C15H26S. The Bertz CT molecular complexity index is 243. The van der Waals surface area contributed by atoms with Crippen LogP contribution < -0.4 is 0 Å². The lowest BCUT2D eigenvalue weighted by molar-refractivity contribution is -0.0993. The van der Waals surface area contributed by atoms with Crippen molar-refractivity contribution in [3.8, 4) is 0 Å². The highest BCUT2D eigenvalue weighted by atomic mass is 32.1. The summed E-state index contributed by atoms with van der Waals surface area (Å²) in [4.78, 5) is 0. The van der Waals surface area contributed by atoms with Crippen LogP contribution in [0, 0.1) is 29.1 Å². The molecule has 0 nitrogen and oxygen atoms in total. The van der Waals surface area contributed by atoms with E-state index in [0.717, 1.165) is 23.7 Å². The van der Waals surface area contributed by atoms with Crippen molar-refractivity contribution in [1.29, 1.82) is 0 Å². The van der Waals surface area contributed by atoms with Gasteiger partial charge in [0, 0.05) is 5.25 Å². The van der Waals surface area contributed by atoms with Gasteiger partial charge in [-0.2, -0.15) is 12.6 Å². The average molecular weight is 238 g/mol. The molecule has 0 heterocycles. The quantitative estimate of drug-likeness (QED) is 0.685. The molecule has 0 saturated heterocycles. The van der Waals surface area contributed by atoms with Gasteiger partial charge in [-0.15, -0.1) is 0 Å². The molecule has 0 spiro atoms.